The molecule has 6 nitrogen and oxygen atoms in total. The smallest absolute Gasteiger partial charge is 0.310 e. The number of carboxylic acid groups (broad SMARTS) is 1. The van der Waals surface area contributed by atoms with Gasteiger partial charge in [0.25, 0.3) is 5.69 Å². The summed E-state index contributed by atoms with van der Waals surface area (Å²) in [6.45, 7) is 3.54. The third kappa shape index (κ3) is 2.99. The minimum atomic E-state index is -0.775. The van der Waals surface area contributed by atoms with Gasteiger partial charge in [-0.15, -0.1) is 0 Å². The lowest BCUT2D eigenvalue weighted by molar-refractivity contribution is -0.384. The molecule has 1 fully saturated rings. The molecule has 108 valence electrons. The number of likely N-dealkylation sites (tertiary alicyclic amines) is 1. The number of aliphatic carboxylic acids is 1. The zero-order chi connectivity index (χ0) is 14.9. The van der Waals surface area contributed by atoms with E-state index in [0.717, 1.165) is 5.56 Å². The summed E-state index contributed by atoms with van der Waals surface area (Å²) in [5.74, 6) is -0.775. The van der Waals surface area contributed by atoms with Crippen molar-refractivity contribution in [2.24, 2.45) is 5.41 Å². The third-order valence-electron chi connectivity index (χ3n) is 3.71. The number of non-ortho nitro benzene ring substituents is 1. The number of carboxylic acids is 1. The number of benzene rings is 1. The molecule has 1 aliphatic rings. The van der Waals surface area contributed by atoms with Gasteiger partial charge in [0.15, 0.2) is 0 Å². The summed E-state index contributed by atoms with van der Waals surface area (Å²) in [4.78, 5) is 23.5. The van der Waals surface area contributed by atoms with Crippen molar-refractivity contribution in [2.75, 3.05) is 13.1 Å². The summed E-state index contributed by atoms with van der Waals surface area (Å²) >= 11 is 3.33. The minimum Gasteiger partial charge on any atom is -0.481 e. The third-order valence-corrected chi connectivity index (χ3v) is 4.45. The summed E-state index contributed by atoms with van der Waals surface area (Å²) in [6, 6.07) is 4.65. The van der Waals surface area contributed by atoms with Crippen LogP contribution in [0.25, 0.3) is 0 Å². The zero-order valence-corrected chi connectivity index (χ0v) is 12.6. The van der Waals surface area contributed by atoms with Crippen molar-refractivity contribution in [3.8, 4) is 0 Å². The molecule has 0 radical (unpaired) electrons. The summed E-state index contributed by atoms with van der Waals surface area (Å²) in [5, 5.41) is 19.9. The van der Waals surface area contributed by atoms with E-state index in [4.69, 9.17) is 0 Å². The lowest BCUT2D eigenvalue weighted by atomic mass is 9.90. The van der Waals surface area contributed by atoms with E-state index in [9.17, 15) is 20.0 Å². The fourth-order valence-corrected chi connectivity index (χ4v) is 2.88. The first kappa shape index (κ1) is 14.9. The number of hydrogen-bond acceptors (Lipinski definition) is 4. The molecular weight excluding hydrogens is 328 g/mol. The van der Waals surface area contributed by atoms with Crippen molar-refractivity contribution in [1.29, 1.82) is 0 Å². The van der Waals surface area contributed by atoms with E-state index in [-0.39, 0.29) is 5.69 Å². The normalized spacial score (nSPS) is 22.9. The molecule has 1 saturated heterocycles. The molecule has 1 heterocycles. The molecule has 0 spiro atoms. The second-order valence-corrected chi connectivity index (χ2v) is 6.21. The van der Waals surface area contributed by atoms with E-state index in [0.29, 0.717) is 30.5 Å². The van der Waals surface area contributed by atoms with E-state index < -0.39 is 16.3 Å². The van der Waals surface area contributed by atoms with Crippen LogP contribution in [0.5, 0.6) is 0 Å². The summed E-state index contributed by atoms with van der Waals surface area (Å²) in [7, 11) is 0. The van der Waals surface area contributed by atoms with Crippen molar-refractivity contribution in [2.45, 2.75) is 19.9 Å². The highest BCUT2D eigenvalue weighted by atomic mass is 79.9. The highest BCUT2D eigenvalue weighted by Gasteiger charge is 2.40. The van der Waals surface area contributed by atoms with E-state index in [1.54, 1.807) is 13.0 Å². The zero-order valence-electron chi connectivity index (χ0n) is 11.0. The van der Waals surface area contributed by atoms with Crippen LogP contribution in [0, 0.1) is 15.5 Å². The van der Waals surface area contributed by atoms with Crippen LogP contribution in [0.2, 0.25) is 0 Å². The summed E-state index contributed by atoms with van der Waals surface area (Å²) < 4.78 is 0.677. The molecule has 0 aliphatic carbocycles. The van der Waals surface area contributed by atoms with E-state index >= 15 is 0 Å². The number of nitro benzene ring substituents is 1. The van der Waals surface area contributed by atoms with Crippen LogP contribution in [0.1, 0.15) is 18.9 Å². The molecule has 0 saturated carbocycles. The van der Waals surface area contributed by atoms with Crippen molar-refractivity contribution < 1.29 is 14.8 Å². The number of halogens is 1. The average Bonchev–Trinajstić information content (AvgIpc) is 2.75. The lowest BCUT2D eigenvalue weighted by Gasteiger charge is -2.20. The Kier molecular flexibility index (Phi) is 4.10. The molecule has 1 aromatic carbocycles. The Balaban J connectivity index is 2.09. The minimum absolute atomic E-state index is 0.0393. The van der Waals surface area contributed by atoms with Gasteiger partial charge >= 0.3 is 5.97 Å². The number of rotatable bonds is 4. The van der Waals surface area contributed by atoms with Gasteiger partial charge in [0.1, 0.15) is 0 Å². The SMILES string of the molecule is CC1(C(=O)O)CCN(Cc2ccc([N+](=O)[O-])cc2Br)C1. The van der Waals surface area contributed by atoms with Gasteiger partial charge in [-0.05, 0) is 31.5 Å². The maximum absolute atomic E-state index is 11.2. The first-order chi connectivity index (χ1) is 9.32. The molecule has 2 rings (SSSR count). The fourth-order valence-electron chi connectivity index (χ4n) is 2.38. The van der Waals surface area contributed by atoms with Crippen LogP contribution in [0.15, 0.2) is 22.7 Å². The van der Waals surface area contributed by atoms with Crippen molar-refractivity contribution >= 4 is 27.6 Å². The highest BCUT2D eigenvalue weighted by Crippen LogP contribution is 2.32. The van der Waals surface area contributed by atoms with Gasteiger partial charge in [-0.3, -0.25) is 19.8 Å². The Morgan fingerprint density at radius 1 is 1.60 bits per heavy atom. The van der Waals surface area contributed by atoms with E-state index in [2.05, 4.69) is 20.8 Å². The Labute approximate surface area is 124 Å². The predicted octanol–water partition coefficient (Wildman–Crippen LogP) is 2.65. The van der Waals surface area contributed by atoms with Gasteiger partial charge in [-0.1, -0.05) is 15.9 Å². The second-order valence-electron chi connectivity index (χ2n) is 5.36. The quantitative estimate of drug-likeness (QED) is 0.671. The Hall–Kier alpha value is -1.47. The standard InChI is InChI=1S/C13H15BrN2O4/c1-13(12(17)18)4-5-15(8-13)7-9-2-3-10(16(19)20)6-11(9)14/h2-3,6H,4-5,7-8H2,1H3,(H,17,18). The van der Waals surface area contributed by atoms with E-state index in [1.165, 1.54) is 12.1 Å². The average molecular weight is 343 g/mol. The number of nitro groups is 1. The second kappa shape index (κ2) is 5.49. The van der Waals surface area contributed by atoms with Crippen LogP contribution in [0.3, 0.4) is 0 Å². The molecule has 1 aliphatic heterocycles. The van der Waals surface area contributed by atoms with Crippen molar-refractivity contribution in [3.05, 3.63) is 38.3 Å². The Bertz CT molecular complexity index is 563. The van der Waals surface area contributed by atoms with Crippen LogP contribution in [-0.4, -0.2) is 34.0 Å². The lowest BCUT2D eigenvalue weighted by Crippen LogP contribution is -2.31. The van der Waals surface area contributed by atoms with Gasteiger partial charge in [0, 0.05) is 29.7 Å². The maximum Gasteiger partial charge on any atom is 0.310 e. The molecule has 7 heteroatoms. The maximum atomic E-state index is 11.2. The van der Waals surface area contributed by atoms with Crippen molar-refractivity contribution in [1.82, 2.24) is 4.90 Å². The molecule has 20 heavy (non-hydrogen) atoms. The Morgan fingerprint density at radius 2 is 2.30 bits per heavy atom. The molecule has 1 atom stereocenters. The van der Waals surface area contributed by atoms with Crippen LogP contribution >= 0.6 is 15.9 Å². The molecule has 1 unspecified atom stereocenters. The molecule has 0 bridgehead atoms. The van der Waals surface area contributed by atoms with Gasteiger partial charge in [-0.25, -0.2) is 0 Å². The van der Waals surface area contributed by atoms with Crippen LogP contribution in [0.4, 0.5) is 5.69 Å². The first-order valence-electron chi connectivity index (χ1n) is 6.20. The number of carbonyl (C=O) groups is 1. The number of nitrogens with zero attached hydrogens (tertiary/aromatic N) is 2. The Morgan fingerprint density at radius 3 is 2.80 bits per heavy atom. The van der Waals surface area contributed by atoms with E-state index in [1.807, 2.05) is 0 Å². The molecule has 0 aromatic heterocycles. The first-order valence-corrected chi connectivity index (χ1v) is 7.00. The van der Waals surface area contributed by atoms with Gasteiger partial charge in [0.2, 0.25) is 0 Å². The highest BCUT2D eigenvalue weighted by molar-refractivity contribution is 9.10. The predicted molar refractivity (Wildman–Crippen MR) is 76.4 cm³/mol. The summed E-state index contributed by atoms with van der Waals surface area (Å²) in [6.07, 6.45) is 0.618. The van der Waals surface area contributed by atoms with Gasteiger partial charge in [0.05, 0.1) is 10.3 Å². The fraction of sp³-hybridized carbons (Fsp3) is 0.462. The molecular formula is C13H15BrN2O4. The molecule has 0 amide bonds. The van der Waals surface area contributed by atoms with Crippen LogP contribution in [-0.2, 0) is 11.3 Å². The monoisotopic (exact) mass is 342 g/mol. The number of hydrogen-bond donors (Lipinski definition) is 1. The largest absolute Gasteiger partial charge is 0.481 e. The molecule has 1 N–H and O–H groups in total. The molecule has 1 aromatic rings. The van der Waals surface area contributed by atoms with Gasteiger partial charge in [-0.2, -0.15) is 0 Å². The van der Waals surface area contributed by atoms with Crippen molar-refractivity contribution in [3.63, 3.8) is 0 Å². The summed E-state index contributed by atoms with van der Waals surface area (Å²) in [5.41, 5.74) is 0.260. The van der Waals surface area contributed by atoms with Gasteiger partial charge < -0.3 is 5.11 Å². The van der Waals surface area contributed by atoms with Crippen LogP contribution < -0.4 is 0 Å². The topological polar surface area (TPSA) is 83.7 Å².